The van der Waals surface area contributed by atoms with Gasteiger partial charge in [-0.05, 0) is 34.5 Å². The van der Waals surface area contributed by atoms with Crippen molar-refractivity contribution in [2.24, 2.45) is 0 Å². The molecular weight excluding hydrogens is 335 g/mol. The van der Waals surface area contributed by atoms with E-state index in [9.17, 15) is 9.50 Å². The number of hydrogen-bond acceptors (Lipinski definition) is 4. The van der Waals surface area contributed by atoms with Crippen LogP contribution in [0.25, 0.3) is 10.8 Å². The van der Waals surface area contributed by atoms with E-state index in [0.717, 1.165) is 16.3 Å². The van der Waals surface area contributed by atoms with Gasteiger partial charge in [-0.2, -0.15) is 0 Å². The van der Waals surface area contributed by atoms with Crippen LogP contribution < -0.4 is 5.32 Å². The van der Waals surface area contributed by atoms with Crippen LogP contribution in [0.1, 0.15) is 17.2 Å². The summed E-state index contributed by atoms with van der Waals surface area (Å²) in [6, 6.07) is 17.4. The van der Waals surface area contributed by atoms with E-state index in [4.69, 9.17) is 0 Å². The Kier molecular flexibility index (Phi) is 4.07. The molecule has 0 radical (unpaired) electrons. The molecule has 1 aromatic heterocycles. The van der Waals surface area contributed by atoms with Crippen molar-refractivity contribution in [2.75, 3.05) is 5.32 Å². The van der Waals surface area contributed by atoms with E-state index in [1.165, 1.54) is 23.5 Å². The quantitative estimate of drug-likeness (QED) is 0.522. The first kappa shape index (κ1) is 15.6. The molecule has 4 aromatic rings. The number of phenols is 1. The maximum absolute atomic E-state index is 13.8. The molecule has 0 spiro atoms. The lowest BCUT2D eigenvalue weighted by Crippen LogP contribution is -2.13. The van der Waals surface area contributed by atoms with Gasteiger partial charge in [0.05, 0.1) is 6.04 Å². The first-order chi connectivity index (χ1) is 12.2. The van der Waals surface area contributed by atoms with E-state index in [2.05, 4.69) is 10.3 Å². The van der Waals surface area contributed by atoms with Gasteiger partial charge in [0.1, 0.15) is 11.6 Å². The van der Waals surface area contributed by atoms with Gasteiger partial charge in [-0.15, -0.1) is 11.3 Å². The van der Waals surface area contributed by atoms with Crippen LogP contribution in [0.2, 0.25) is 0 Å². The van der Waals surface area contributed by atoms with Crippen molar-refractivity contribution < 1.29 is 9.50 Å². The number of aromatic hydroxyl groups is 1. The summed E-state index contributed by atoms with van der Waals surface area (Å²) in [5.74, 6) is -0.153. The molecule has 0 fully saturated rings. The predicted octanol–water partition coefficient (Wildman–Crippen LogP) is 5.34. The normalized spacial score (nSPS) is 12.2. The molecule has 0 aliphatic carbocycles. The Morgan fingerprint density at radius 2 is 1.92 bits per heavy atom. The highest BCUT2D eigenvalue weighted by Crippen LogP contribution is 2.38. The summed E-state index contributed by atoms with van der Waals surface area (Å²) in [4.78, 5) is 4.27. The summed E-state index contributed by atoms with van der Waals surface area (Å²) in [6.45, 7) is 0. The van der Waals surface area contributed by atoms with Gasteiger partial charge >= 0.3 is 0 Å². The lowest BCUT2D eigenvalue weighted by molar-refractivity contribution is 0.468. The minimum atomic E-state index is -0.423. The minimum absolute atomic E-state index is 0.164. The molecule has 0 aliphatic rings. The molecular formula is C20H15FN2OS. The molecule has 1 atom stereocenters. The zero-order chi connectivity index (χ0) is 17.2. The van der Waals surface area contributed by atoms with E-state index in [1.807, 2.05) is 41.8 Å². The van der Waals surface area contributed by atoms with Gasteiger partial charge < -0.3 is 10.4 Å². The summed E-state index contributed by atoms with van der Waals surface area (Å²) in [5, 5.41) is 18.4. The van der Waals surface area contributed by atoms with Crippen molar-refractivity contribution in [1.82, 2.24) is 4.98 Å². The smallest absolute Gasteiger partial charge is 0.183 e. The summed E-state index contributed by atoms with van der Waals surface area (Å²) in [7, 11) is 0. The Morgan fingerprint density at radius 3 is 2.72 bits per heavy atom. The summed E-state index contributed by atoms with van der Waals surface area (Å²) in [5.41, 5.74) is 1.43. The number of anilines is 1. The fraction of sp³-hybridized carbons (Fsp3) is 0.0500. The number of phenolic OH excluding ortho intramolecular Hbond substituents is 1. The van der Waals surface area contributed by atoms with Gasteiger partial charge in [0.25, 0.3) is 0 Å². The van der Waals surface area contributed by atoms with E-state index in [1.54, 1.807) is 18.3 Å². The molecule has 3 aromatic carbocycles. The van der Waals surface area contributed by atoms with Crippen LogP contribution >= 0.6 is 11.3 Å². The molecule has 4 rings (SSSR count). The van der Waals surface area contributed by atoms with Gasteiger partial charge in [0.2, 0.25) is 0 Å². The summed E-state index contributed by atoms with van der Waals surface area (Å²) in [6.07, 6.45) is 1.71. The number of nitrogens with zero attached hydrogens (tertiary/aromatic N) is 1. The number of thiazole rings is 1. The van der Waals surface area contributed by atoms with Crippen LogP contribution in [0.5, 0.6) is 5.75 Å². The van der Waals surface area contributed by atoms with Crippen LogP contribution in [0.3, 0.4) is 0 Å². The highest BCUT2D eigenvalue weighted by Gasteiger charge is 2.21. The lowest BCUT2D eigenvalue weighted by Gasteiger charge is -2.22. The third kappa shape index (κ3) is 3.06. The first-order valence-electron chi connectivity index (χ1n) is 7.84. The molecule has 1 heterocycles. The molecule has 124 valence electrons. The average molecular weight is 350 g/mol. The molecule has 25 heavy (non-hydrogen) atoms. The van der Waals surface area contributed by atoms with Crippen molar-refractivity contribution >= 4 is 27.2 Å². The van der Waals surface area contributed by atoms with E-state index in [0.29, 0.717) is 10.7 Å². The average Bonchev–Trinajstić information content (AvgIpc) is 3.13. The van der Waals surface area contributed by atoms with Crippen LogP contribution in [0.4, 0.5) is 9.52 Å². The number of aromatic nitrogens is 1. The predicted molar refractivity (Wildman–Crippen MR) is 99.6 cm³/mol. The maximum Gasteiger partial charge on any atom is 0.183 e. The molecule has 2 N–H and O–H groups in total. The summed E-state index contributed by atoms with van der Waals surface area (Å²) < 4.78 is 13.8. The number of nitrogens with one attached hydrogen (secondary N) is 1. The number of rotatable bonds is 4. The Balaban J connectivity index is 1.93. The molecule has 0 saturated carbocycles. The maximum atomic E-state index is 13.8. The number of halogens is 1. The van der Waals surface area contributed by atoms with E-state index >= 15 is 0 Å². The van der Waals surface area contributed by atoms with Crippen molar-refractivity contribution in [3.05, 3.63) is 89.2 Å². The van der Waals surface area contributed by atoms with Gasteiger partial charge in [-0.25, -0.2) is 9.37 Å². The molecule has 0 bridgehead atoms. The number of fused-ring (bicyclic) bond motifs is 1. The fourth-order valence-electron chi connectivity index (χ4n) is 3.01. The molecule has 0 amide bonds. The Hall–Kier alpha value is -2.92. The van der Waals surface area contributed by atoms with Crippen molar-refractivity contribution in [1.29, 1.82) is 0 Å². The molecule has 0 aliphatic heterocycles. The largest absolute Gasteiger partial charge is 0.508 e. The van der Waals surface area contributed by atoms with E-state index < -0.39 is 6.04 Å². The molecule has 5 heteroatoms. The molecule has 3 nitrogen and oxygen atoms in total. The van der Waals surface area contributed by atoms with Crippen molar-refractivity contribution in [3.8, 4) is 5.75 Å². The lowest BCUT2D eigenvalue weighted by atomic mass is 9.93. The third-order valence-corrected chi connectivity index (χ3v) is 4.82. The third-order valence-electron chi connectivity index (χ3n) is 4.12. The van der Waals surface area contributed by atoms with E-state index in [-0.39, 0.29) is 11.6 Å². The number of benzene rings is 3. The number of hydrogen-bond donors (Lipinski definition) is 2. The van der Waals surface area contributed by atoms with Gasteiger partial charge in [-0.3, -0.25) is 0 Å². The zero-order valence-corrected chi connectivity index (χ0v) is 14.0. The Morgan fingerprint density at radius 1 is 1.04 bits per heavy atom. The van der Waals surface area contributed by atoms with Crippen molar-refractivity contribution in [2.45, 2.75) is 6.04 Å². The highest BCUT2D eigenvalue weighted by atomic mass is 32.1. The molecule has 1 unspecified atom stereocenters. The minimum Gasteiger partial charge on any atom is -0.508 e. The summed E-state index contributed by atoms with van der Waals surface area (Å²) >= 11 is 1.46. The van der Waals surface area contributed by atoms with Gasteiger partial charge in [0, 0.05) is 17.1 Å². The topological polar surface area (TPSA) is 45.1 Å². The second-order valence-electron chi connectivity index (χ2n) is 5.69. The SMILES string of the molecule is Oc1ccc2ccccc2c1C(Nc1nccs1)c1cccc(F)c1. The monoisotopic (exact) mass is 350 g/mol. The fourth-order valence-corrected chi connectivity index (χ4v) is 3.57. The Bertz CT molecular complexity index is 1020. The molecule has 0 saturated heterocycles. The van der Waals surface area contributed by atoms with Crippen molar-refractivity contribution in [3.63, 3.8) is 0 Å². The van der Waals surface area contributed by atoms with Crippen LogP contribution in [-0.4, -0.2) is 10.1 Å². The zero-order valence-electron chi connectivity index (χ0n) is 13.2. The van der Waals surface area contributed by atoms with Crippen LogP contribution in [0.15, 0.2) is 72.2 Å². The van der Waals surface area contributed by atoms with Crippen LogP contribution in [-0.2, 0) is 0 Å². The Labute approximate surface area is 148 Å². The second-order valence-corrected chi connectivity index (χ2v) is 6.58. The van der Waals surface area contributed by atoms with Gasteiger partial charge in [0.15, 0.2) is 5.13 Å². The second kappa shape index (κ2) is 6.53. The van der Waals surface area contributed by atoms with Crippen LogP contribution in [0, 0.1) is 5.82 Å². The first-order valence-corrected chi connectivity index (χ1v) is 8.72. The standard InChI is InChI=1S/C20H15FN2OS/c21-15-6-3-5-14(12-15)19(23-20-22-10-11-25-20)18-16-7-2-1-4-13(16)8-9-17(18)24/h1-12,19,24H,(H,22,23). The highest BCUT2D eigenvalue weighted by molar-refractivity contribution is 7.13. The van der Waals surface area contributed by atoms with Gasteiger partial charge in [-0.1, -0.05) is 42.5 Å².